The topological polar surface area (TPSA) is 45.1 Å². The van der Waals surface area contributed by atoms with Crippen molar-refractivity contribution in [3.63, 3.8) is 0 Å². The van der Waals surface area contributed by atoms with Crippen molar-refractivity contribution in [3.05, 3.63) is 64.7 Å². The molecule has 0 aliphatic carbocycles. The van der Waals surface area contributed by atoms with E-state index >= 15 is 0 Å². The van der Waals surface area contributed by atoms with E-state index in [0.29, 0.717) is 12.5 Å². The van der Waals surface area contributed by atoms with Gasteiger partial charge < -0.3 is 10.4 Å². The monoisotopic (exact) mass is 316 g/mol. The minimum absolute atomic E-state index is 0.0617. The molecule has 0 radical (unpaired) electrons. The van der Waals surface area contributed by atoms with Crippen molar-refractivity contribution in [3.8, 4) is 0 Å². The zero-order chi connectivity index (χ0) is 17.0. The van der Waals surface area contributed by atoms with Gasteiger partial charge in [-0.2, -0.15) is 0 Å². The fraction of sp³-hybridized carbons (Fsp3) is 0.421. The van der Waals surface area contributed by atoms with Crippen molar-refractivity contribution in [1.29, 1.82) is 0 Å². The molecule has 2 unspecified atom stereocenters. The summed E-state index contributed by atoms with van der Waals surface area (Å²) in [7, 11) is 0. The normalized spacial score (nSPS) is 14.0. The number of aliphatic hydroxyl groups is 1. The fourth-order valence-corrected chi connectivity index (χ4v) is 2.83. The first-order chi connectivity index (χ1) is 10.9. The van der Waals surface area contributed by atoms with Gasteiger partial charge in [0.25, 0.3) is 0 Å². The number of halogens is 1. The fourth-order valence-electron chi connectivity index (χ4n) is 2.83. The second-order valence-corrected chi connectivity index (χ2v) is 6.35. The van der Waals surface area contributed by atoms with Gasteiger partial charge in [0.15, 0.2) is 0 Å². The van der Waals surface area contributed by atoms with E-state index in [1.165, 1.54) is 12.1 Å². The van der Waals surface area contributed by atoms with Crippen LogP contribution < -0.4 is 5.32 Å². The van der Waals surface area contributed by atoms with E-state index in [1.807, 2.05) is 26.0 Å². The van der Waals surface area contributed by atoms with Crippen molar-refractivity contribution in [2.45, 2.75) is 39.8 Å². The SMILES string of the molecule is Cc1cc(F)ccc1C(O)CNC(c1ncccc1C)C(C)C. The average molecular weight is 316 g/mol. The van der Waals surface area contributed by atoms with Crippen LogP contribution in [-0.2, 0) is 0 Å². The van der Waals surface area contributed by atoms with Gasteiger partial charge in [-0.05, 0) is 54.7 Å². The van der Waals surface area contributed by atoms with Gasteiger partial charge in [-0.25, -0.2) is 4.39 Å². The molecule has 0 spiro atoms. The molecular formula is C19H25FN2O. The summed E-state index contributed by atoms with van der Waals surface area (Å²) in [6.45, 7) is 8.50. The summed E-state index contributed by atoms with van der Waals surface area (Å²) in [5.41, 5.74) is 3.64. The number of rotatable bonds is 6. The van der Waals surface area contributed by atoms with Gasteiger partial charge in [0.2, 0.25) is 0 Å². The molecule has 1 heterocycles. The van der Waals surface area contributed by atoms with Crippen LogP contribution in [0.1, 0.15) is 48.4 Å². The molecule has 1 aromatic heterocycles. The van der Waals surface area contributed by atoms with Crippen molar-refractivity contribution in [2.75, 3.05) is 6.54 Å². The first kappa shape index (κ1) is 17.6. The lowest BCUT2D eigenvalue weighted by Gasteiger charge is -2.25. The molecule has 1 aromatic carbocycles. The number of hydrogen-bond acceptors (Lipinski definition) is 3. The van der Waals surface area contributed by atoms with Crippen LogP contribution in [0.25, 0.3) is 0 Å². The average Bonchev–Trinajstić information content (AvgIpc) is 2.48. The van der Waals surface area contributed by atoms with Gasteiger partial charge >= 0.3 is 0 Å². The van der Waals surface area contributed by atoms with E-state index in [-0.39, 0.29) is 11.9 Å². The van der Waals surface area contributed by atoms with Crippen LogP contribution in [0.2, 0.25) is 0 Å². The molecule has 0 aliphatic heterocycles. The molecule has 0 aliphatic rings. The van der Waals surface area contributed by atoms with Crippen LogP contribution in [0.3, 0.4) is 0 Å². The number of aliphatic hydroxyl groups excluding tert-OH is 1. The highest BCUT2D eigenvalue weighted by Gasteiger charge is 2.20. The predicted octanol–water partition coefficient (Wildman–Crippen LogP) is 3.86. The highest BCUT2D eigenvalue weighted by Crippen LogP contribution is 2.24. The van der Waals surface area contributed by atoms with E-state index in [0.717, 1.165) is 22.4 Å². The molecular weight excluding hydrogens is 291 g/mol. The lowest BCUT2D eigenvalue weighted by molar-refractivity contribution is 0.164. The second kappa shape index (κ2) is 7.66. The molecule has 2 atom stereocenters. The number of hydrogen-bond donors (Lipinski definition) is 2. The minimum Gasteiger partial charge on any atom is -0.387 e. The Balaban J connectivity index is 2.11. The molecule has 2 aromatic rings. The first-order valence-corrected chi connectivity index (χ1v) is 7.99. The summed E-state index contributed by atoms with van der Waals surface area (Å²) in [4.78, 5) is 4.49. The van der Waals surface area contributed by atoms with Gasteiger partial charge in [-0.1, -0.05) is 26.0 Å². The third-order valence-corrected chi connectivity index (χ3v) is 4.13. The van der Waals surface area contributed by atoms with Crippen LogP contribution in [-0.4, -0.2) is 16.6 Å². The number of aromatic nitrogens is 1. The highest BCUT2D eigenvalue weighted by molar-refractivity contribution is 5.29. The molecule has 0 saturated carbocycles. The summed E-state index contributed by atoms with van der Waals surface area (Å²) < 4.78 is 13.2. The maximum atomic E-state index is 13.2. The second-order valence-electron chi connectivity index (χ2n) is 6.35. The molecule has 124 valence electrons. The number of benzene rings is 1. The summed E-state index contributed by atoms with van der Waals surface area (Å²) >= 11 is 0. The van der Waals surface area contributed by atoms with Gasteiger partial charge in [-0.15, -0.1) is 0 Å². The largest absolute Gasteiger partial charge is 0.387 e. The lowest BCUT2D eigenvalue weighted by atomic mass is 9.96. The van der Waals surface area contributed by atoms with E-state index in [1.54, 1.807) is 12.3 Å². The molecule has 2 N–H and O–H groups in total. The van der Waals surface area contributed by atoms with Crippen LogP contribution in [0, 0.1) is 25.6 Å². The van der Waals surface area contributed by atoms with Crippen molar-refractivity contribution < 1.29 is 9.50 Å². The molecule has 0 fully saturated rings. The van der Waals surface area contributed by atoms with Crippen LogP contribution in [0.5, 0.6) is 0 Å². The maximum Gasteiger partial charge on any atom is 0.123 e. The number of nitrogens with zero attached hydrogens (tertiary/aromatic N) is 1. The lowest BCUT2D eigenvalue weighted by Crippen LogP contribution is -2.31. The summed E-state index contributed by atoms with van der Waals surface area (Å²) in [5.74, 6) is 0.0562. The standard InChI is InChI=1S/C19H25FN2O/c1-12(2)18(19-13(3)6-5-9-21-19)22-11-17(23)16-8-7-15(20)10-14(16)4/h5-10,12,17-18,22-23H,11H2,1-4H3. The van der Waals surface area contributed by atoms with Crippen molar-refractivity contribution in [2.24, 2.45) is 5.92 Å². The Labute approximate surface area is 137 Å². The van der Waals surface area contributed by atoms with Crippen molar-refractivity contribution in [1.82, 2.24) is 10.3 Å². The van der Waals surface area contributed by atoms with Crippen LogP contribution in [0.15, 0.2) is 36.5 Å². The predicted molar refractivity (Wildman–Crippen MR) is 90.7 cm³/mol. The first-order valence-electron chi connectivity index (χ1n) is 7.99. The van der Waals surface area contributed by atoms with Crippen molar-refractivity contribution >= 4 is 0 Å². The Morgan fingerprint density at radius 3 is 2.52 bits per heavy atom. The van der Waals surface area contributed by atoms with E-state index in [2.05, 4.69) is 24.1 Å². The van der Waals surface area contributed by atoms with Gasteiger partial charge in [-0.3, -0.25) is 4.98 Å². The molecule has 3 nitrogen and oxygen atoms in total. The Bertz CT molecular complexity index is 658. The Morgan fingerprint density at radius 2 is 1.91 bits per heavy atom. The molecule has 0 saturated heterocycles. The molecule has 4 heteroatoms. The zero-order valence-electron chi connectivity index (χ0n) is 14.2. The number of pyridine rings is 1. The quantitative estimate of drug-likeness (QED) is 0.850. The molecule has 0 amide bonds. The van der Waals surface area contributed by atoms with E-state index < -0.39 is 6.10 Å². The molecule has 0 bridgehead atoms. The Morgan fingerprint density at radius 1 is 1.17 bits per heavy atom. The van der Waals surface area contributed by atoms with E-state index in [9.17, 15) is 9.50 Å². The summed E-state index contributed by atoms with van der Waals surface area (Å²) in [5, 5.41) is 13.8. The molecule has 23 heavy (non-hydrogen) atoms. The number of nitrogens with one attached hydrogen (secondary N) is 1. The molecule has 2 rings (SSSR count). The maximum absolute atomic E-state index is 13.2. The van der Waals surface area contributed by atoms with Crippen LogP contribution >= 0.6 is 0 Å². The minimum atomic E-state index is -0.680. The van der Waals surface area contributed by atoms with E-state index in [4.69, 9.17) is 0 Å². The third-order valence-electron chi connectivity index (χ3n) is 4.13. The van der Waals surface area contributed by atoms with Crippen LogP contribution in [0.4, 0.5) is 4.39 Å². The highest BCUT2D eigenvalue weighted by atomic mass is 19.1. The summed E-state index contributed by atoms with van der Waals surface area (Å²) in [6.07, 6.45) is 1.11. The van der Waals surface area contributed by atoms with Gasteiger partial charge in [0.05, 0.1) is 17.8 Å². The van der Waals surface area contributed by atoms with Gasteiger partial charge in [0, 0.05) is 12.7 Å². The summed E-state index contributed by atoms with van der Waals surface area (Å²) in [6, 6.07) is 8.50. The third kappa shape index (κ3) is 4.36. The smallest absolute Gasteiger partial charge is 0.123 e. The number of aryl methyl sites for hydroxylation is 2. The van der Waals surface area contributed by atoms with Gasteiger partial charge in [0.1, 0.15) is 5.82 Å². The zero-order valence-corrected chi connectivity index (χ0v) is 14.2. The Kier molecular flexibility index (Phi) is 5.85. The Hall–Kier alpha value is -1.78.